The number of carbonyl (C=O) groups excluding carboxylic acids is 2. The molecular formula is C20H24ClN3O2. The number of anilines is 2. The summed E-state index contributed by atoms with van der Waals surface area (Å²) in [5, 5.41) is 5.66. The molecule has 0 unspecified atom stereocenters. The van der Waals surface area contributed by atoms with Crippen molar-refractivity contribution in [3.05, 3.63) is 58.6 Å². The topological polar surface area (TPSA) is 61.4 Å². The van der Waals surface area contributed by atoms with Gasteiger partial charge in [0.2, 0.25) is 0 Å². The Morgan fingerprint density at radius 3 is 2.27 bits per heavy atom. The van der Waals surface area contributed by atoms with Crippen molar-refractivity contribution in [2.45, 2.75) is 26.8 Å². The normalized spacial score (nSPS) is 10.5. The van der Waals surface area contributed by atoms with Gasteiger partial charge < -0.3 is 15.5 Å². The van der Waals surface area contributed by atoms with Crippen molar-refractivity contribution in [3.63, 3.8) is 0 Å². The monoisotopic (exact) mass is 373 g/mol. The smallest absolute Gasteiger partial charge is 0.255 e. The van der Waals surface area contributed by atoms with E-state index in [-0.39, 0.29) is 11.8 Å². The maximum absolute atomic E-state index is 12.5. The SMILES string of the molecule is CCN(c1ccc(C(=O)Nc2ccc(Cl)c(C(=O)NC)c2)cc1)C(C)C. The molecule has 0 spiro atoms. The first-order valence-corrected chi connectivity index (χ1v) is 8.94. The van der Waals surface area contributed by atoms with E-state index in [9.17, 15) is 9.59 Å². The number of hydrogen-bond donors (Lipinski definition) is 2. The number of halogens is 1. The highest BCUT2D eigenvalue weighted by Gasteiger charge is 2.13. The van der Waals surface area contributed by atoms with E-state index in [4.69, 9.17) is 11.6 Å². The third-order valence-electron chi connectivity index (χ3n) is 4.12. The van der Waals surface area contributed by atoms with E-state index in [1.54, 1.807) is 30.3 Å². The van der Waals surface area contributed by atoms with Gasteiger partial charge in [-0.3, -0.25) is 9.59 Å². The zero-order valence-electron chi connectivity index (χ0n) is 15.5. The Bertz CT molecular complexity index is 788. The Labute approximate surface area is 159 Å². The van der Waals surface area contributed by atoms with Crippen LogP contribution in [0.1, 0.15) is 41.5 Å². The van der Waals surface area contributed by atoms with Gasteiger partial charge in [-0.15, -0.1) is 0 Å². The number of benzene rings is 2. The fraction of sp³-hybridized carbons (Fsp3) is 0.300. The van der Waals surface area contributed by atoms with E-state index in [0.29, 0.717) is 27.9 Å². The van der Waals surface area contributed by atoms with Crippen LogP contribution in [0, 0.1) is 0 Å². The van der Waals surface area contributed by atoms with Crippen LogP contribution in [-0.2, 0) is 0 Å². The molecular weight excluding hydrogens is 350 g/mol. The minimum absolute atomic E-state index is 0.241. The second kappa shape index (κ2) is 8.72. The van der Waals surface area contributed by atoms with Gasteiger partial charge in [0.25, 0.3) is 11.8 Å². The first-order chi connectivity index (χ1) is 12.4. The van der Waals surface area contributed by atoms with Crippen molar-refractivity contribution >= 4 is 34.8 Å². The van der Waals surface area contributed by atoms with Crippen LogP contribution in [0.4, 0.5) is 11.4 Å². The number of hydrogen-bond acceptors (Lipinski definition) is 3. The number of carbonyl (C=O) groups is 2. The van der Waals surface area contributed by atoms with E-state index in [1.165, 1.54) is 7.05 Å². The fourth-order valence-corrected chi connectivity index (χ4v) is 2.97. The molecule has 2 rings (SSSR count). The van der Waals surface area contributed by atoms with E-state index >= 15 is 0 Å². The molecule has 0 atom stereocenters. The Hall–Kier alpha value is -2.53. The van der Waals surface area contributed by atoms with Crippen LogP contribution in [0.2, 0.25) is 5.02 Å². The molecule has 0 saturated heterocycles. The van der Waals surface area contributed by atoms with Crippen molar-refractivity contribution in [2.75, 3.05) is 23.8 Å². The molecule has 138 valence electrons. The van der Waals surface area contributed by atoms with Gasteiger partial charge in [-0.25, -0.2) is 0 Å². The summed E-state index contributed by atoms with van der Waals surface area (Å²) in [6.07, 6.45) is 0. The van der Waals surface area contributed by atoms with Crippen LogP contribution in [0.25, 0.3) is 0 Å². The van der Waals surface area contributed by atoms with Gasteiger partial charge in [-0.1, -0.05) is 11.6 Å². The molecule has 6 heteroatoms. The Morgan fingerprint density at radius 2 is 1.73 bits per heavy atom. The lowest BCUT2D eigenvalue weighted by molar-refractivity contribution is 0.0961. The first-order valence-electron chi connectivity index (χ1n) is 8.57. The lowest BCUT2D eigenvalue weighted by atomic mass is 10.1. The van der Waals surface area contributed by atoms with Gasteiger partial charge in [0.15, 0.2) is 0 Å². The van der Waals surface area contributed by atoms with Crippen molar-refractivity contribution in [1.29, 1.82) is 0 Å². The molecule has 2 aromatic rings. The highest BCUT2D eigenvalue weighted by Crippen LogP contribution is 2.22. The Balaban J connectivity index is 2.16. The van der Waals surface area contributed by atoms with Crippen LogP contribution >= 0.6 is 11.6 Å². The average molecular weight is 374 g/mol. The van der Waals surface area contributed by atoms with Crippen molar-refractivity contribution < 1.29 is 9.59 Å². The second-order valence-electron chi connectivity index (χ2n) is 6.15. The third kappa shape index (κ3) is 4.55. The molecule has 2 aromatic carbocycles. The number of amides is 2. The summed E-state index contributed by atoms with van der Waals surface area (Å²) in [5.74, 6) is -0.543. The van der Waals surface area contributed by atoms with Crippen LogP contribution in [0.3, 0.4) is 0 Å². The minimum Gasteiger partial charge on any atom is -0.369 e. The predicted molar refractivity (Wildman–Crippen MR) is 107 cm³/mol. The van der Waals surface area contributed by atoms with E-state index < -0.39 is 0 Å². The molecule has 0 aliphatic rings. The Kier molecular flexibility index (Phi) is 6.64. The molecule has 0 radical (unpaired) electrons. The average Bonchev–Trinajstić information content (AvgIpc) is 2.63. The summed E-state index contributed by atoms with van der Waals surface area (Å²) < 4.78 is 0. The largest absolute Gasteiger partial charge is 0.369 e. The quantitative estimate of drug-likeness (QED) is 0.798. The summed E-state index contributed by atoms with van der Waals surface area (Å²) in [6, 6.07) is 12.7. The molecule has 0 saturated carbocycles. The molecule has 5 nitrogen and oxygen atoms in total. The molecule has 0 heterocycles. The maximum atomic E-state index is 12.5. The predicted octanol–water partition coefficient (Wildman–Crippen LogP) is 4.19. The van der Waals surface area contributed by atoms with Gasteiger partial charge in [0.1, 0.15) is 0 Å². The van der Waals surface area contributed by atoms with E-state index in [1.807, 2.05) is 12.1 Å². The molecule has 2 N–H and O–H groups in total. The summed E-state index contributed by atoms with van der Waals surface area (Å²) in [7, 11) is 1.53. The van der Waals surface area contributed by atoms with Crippen LogP contribution in [-0.4, -0.2) is 31.4 Å². The van der Waals surface area contributed by atoms with Gasteiger partial charge in [-0.2, -0.15) is 0 Å². The Morgan fingerprint density at radius 1 is 1.08 bits per heavy atom. The maximum Gasteiger partial charge on any atom is 0.255 e. The first kappa shape index (κ1) is 19.8. The van der Waals surface area contributed by atoms with E-state index in [0.717, 1.165) is 12.2 Å². The number of nitrogens with one attached hydrogen (secondary N) is 2. The summed E-state index contributed by atoms with van der Waals surface area (Å²) in [6.45, 7) is 7.27. The third-order valence-corrected chi connectivity index (χ3v) is 4.45. The molecule has 0 aliphatic carbocycles. The van der Waals surface area contributed by atoms with E-state index in [2.05, 4.69) is 36.3 Å². The molecule has 0 fully saturated rings. The van der Waals surface area contributed by atoms with Crippen LogP contribution in [0.15, 0.2) is 42.5 Å². The van der Waals surface area contributed by atoms with Crippen LogP contribution < -0.4 is 15.5 Å². The fourth-order valence-electron chi connectivity index (χ4n) is 2.77. The zero-order chi connectivity index (χ0) is 19.3. The summed E-state index contributed by atoms with van der Waals surface area (Å²) >= 11 is 6.03. The zero-order valence-corrected chi connectivity index (χ0v) is 16.2. The lowest BCUT2D eigenvalue weighted by Crippen LogP contribution is -2.30. The van der Waals surface area contributed by atoms with Gasteiger partial charge in [0.05, 0.1) is 10.6 Å². The van der Waals surface area contributed by atoms with Crippen molar-refractivity contribution in [2.24, 2.45) is 0 Å². The molecule has 0 aliphatic heterocycles. The summed E-state index contributed by atoms with van der Waals surface area (Å²) in [4.78, 5) is 26.5. The molecule has 0 bridgehead atoms. The number of nitrogens with zero attached hydrogens (tertiary/aromatic N) is 1. The summed E-state index contributed by atoms with van der Waals surface area (Å²) in [5.41, 5.74) is 2.45. The minimum atomic E-state index is -0.302. The second-order valence-corrected chi connectivity index (χ2v) is 6.56. The van der Waals surface area contributed by atoms with Gasteiger partial charge >= 0.3 is 0 Å². The molecule has 0 aromatic heterocycles. The number of rotatable bonds is 6. The van der Waals surface area contributed by atoms with Gasteiger partial charge in [0, 0.05) is 36.6 Å². The van der Waals surface area contributed by atoms with Crippen molar-refractivity contribution in [1.82, 2.24) is 5.32 Å². The highest BCUT2D eigenvalue weighted by molar-refractivity contribution is 6.34. The molecule has 2 amide bonds. The van der Waals surface area contributed by atoms with Crippen molar-refractivity contribution in [3.8, 4) is 0 Å². The van der Waals surface area contributed by atoms with Crippen LogP contribution in [0.5, 0.6) is 0 Å². The lowest BCUT2D eigenvalue weighted by Gasteiger charge is -2.27. The van der Waals surface area contributed by atoms with Gasteiger partial charge in [-0.05, 0) is 63.2 Å². The highest BCUT2D eigenvalue weighted by atomic mass is 35.5. The molecule has 26 heavy (non-hydrogen) atoms. The standard InChI is InChI=1S/C20H24ClN3O2/c1-5-24(13(2)3)16-9-6-14(7-10-16)19(25)23-15-8-11-18(21)17(12-15)20(26)22-4/h6-13H,5H2,1-4H3,(H,22,26)(H,23,25).